The lowest BCUT2D eigenvalue weighted by molar-refractivity contribution is 1.15. The van der Waals surface area contributed by atoms with E-state index < -0.39 is 0 Å². The molecule has 5 nitrogen and oxygen atoms in total. The van der Waals surface area contributed by atoms with Gasteiger partial charge in [0.05, 0.1) is 58.6 Å². The Morgan fingerprint density at radius 1 is 0.238 bits per heavy atom. The first kappa shape index (κ1) is 46.4. The molecule has 0 aliphatic heterocycles. The van der Waals surface area contributed by atoms with Crippen molar-refractivity contribution < 1.29 is 0 Å². The smallest absolute Gasteiger partial charge is 0.160 e. The van der Waals surface area contributed by atoms with Crippen molar-refractivity contribution in [2.75, 3.05) is 0 Å². The highest BCUT2D eigenvalue weighted by Gasteiger charge is 2.23. The van der Waals surface area contributed by atoms with Crippen LogP contribution in [-0.2, 0) is 0 Å². The molecule has 0 unspecified atom stereocenters. The van der Waals surface area contributed by atoms with E-state index in [2.05, 4.69) is 275 Å². The highest BCUT2D eigenvalue weighted by atomic mass is 32.1. The van der Waals surface area contributed by atoms with Gasteiger partial charge in [-0.15, -0.1) is 34.0 Å². The third-order valence-corrected chi connectivity index (χ3v) is 21.0. The van der Waals surface area contributed by atoms with E-state index in [1.807, 2.05) is 34.0 Å². The predicted molar refractivity (Wildman–Crippen MR) is 360 cm³/mol. The largest absolute Gasteiger partial charge is 0.308 e. The number of thiophene rings is 3. The first-order chi connectivity index (χ1) is 41.6. The second-order valence-electron chi connectivity index (χ2n) is 22.0. The Bertz CT molecular complexity index is 5430. The van der Waals surface area contributed by atoms with E-state index >= 15 is 0 Å². The van der Waals surface area contributed by atoms with E-state index in [1.54, 1.807) is 0 Å². The lowest BCUT2D eigenvalue weighted by Crippen LogP contribution is -2.00. The second-order valence-corrected chi connectivity index (χ2v) is 25.1. The predicted octanol–water partition coefficient (Wildman–Crippen LogP) is 21.9. The number of nitrogens with zero attached hydrogens (tertiary/aromatic N) is 5. The zero-order valence-corrected chi connectivity index (χ0v) is 47.2. The Hall–Kier alpha value is -10.2. The topological polar surface area (TPSA) is 40.6 Å². The summed E-state index contributed by atoms with van der Waals surface area (Å²) in [6, 6.07) is 95.7. The summed E-state index contributed by atoms with van der Waals surface area (Å²) < 4.78 is 15.1. The summed E-state index contributed by atoms with van der Waals surface area (Å²) in [4.78, 5) is 11.3. The van der Waals surface area contributed by atoms with Gasteiger partial charge in [0.15, 0.2) is 5.82 Å². The third kappa shape index (κ3) is 6.64. The van der Waals surface area contributed by atoms with Gasteiger partial charge in [-0.2, -0.15) is 0 Å². The monoisotopic (exact) mass is 1120 g/mol. The van der Waals surface area contributed by atoms with E-state index in [0.717, 1.165) is 50.7 Å². The fourth-order valence-electron chi connectivity index (χ4n) is 13.8. The zero-order valence-electron chi connectivity index (χ0n) is 44.8. The lowest BCUT2D eigenvalue weighted by Gasteiger charge is -2.14. The summed E-state index contributed by atoms with van der Waals surface area (Å²) in [5.41, 5.74) is 15.0. The number of hydrogen-bond acceptors (Lipinski definition) is 5. The molecule has 0 saturated heterocycles. The minimum Gasteiger partial charge on any atom is -0.308 e. The maximum atomic E-state index is 5.63. The van der Waals surface area contributed by atoms with E-state index in [1.165, 1.54) is 120 Å². The molecule has 8 heteroatoms. The van der Waals surface area contributed by atoms with Crippen LogP contribution in [0.25, 0.3) is 177 Å². The first-order valence-electron chi connectivity index (χ1n) is 28.4. The highest BCUT2D eigenvalue weighted by molar-refractivity contribution is 7.27. The molecule has 19 rings (SSSR count). The molecule has 84 heavy (non-hydrogen) atoms. The van der Waals surface area contributed by atoms with Crippen molar-refractivity contribution in [1.29, 1.82) is 0 Å². The normalized spacial score (nSPS) is 12.3. The Morgan fingerprint density at radius 2 is 0.548 bits per heavy atom. The quantitative estimate of drug-likeness (QED) is 0.166. The van der Waals surface area contributed by atoms with Crippen molar-refractivity contribution in [3.63, 3.8) is 0 Å². The molecule has 7 heterocycles. The standard InChI is InChI=1S/C76H43N5S3/c1-7-28-64-50(22-1)56-34-37-59-53-25-4-10-31-67(53)82-73(59)70(56)79(64)47-19-13-16-44(40-47)62-43-63(45-17-14-20-48(41-45)80-65-29-8-2-23-51(65)57-35-38-60-54-26-5-11-32-68(54)83-74(60)71(57)80)78-76(77-62)46-18-15-21-49(42-46)81-66-30-9-3-24-52(66)58-36-39-61-55-27-6-12-33-69(55)84-75(61)72(58)81/h1-43H. The molecule has 0 saturated carbocycles. The van der Waals surface area contributed by atoms with Gasteiger partial charge >= 0.3 is 0 Å². The van der Waals surface area contributed by atoms with Crippen molar-refractivity contribution in [2.45, 2.75) is 0 Å². The number of aromatic nitrogens is 5. The van der Waals surface area contributed by atoms with Crippen molar-refractivity contribution in [1.82, 2.24) is 23.7 Å². The molecule has 0 radical (unpaired) electrons. The molecule has 0 fully saturated rings. The third-order valence-electron chi connectivity index (χ3n) is 17.4. The summed E-state index contributed by atoms with van der Waals surface area (Å²) in [5.74, 6) is 0.653. The lowest BCUT2D eigenvalue weighted by atomic mass is 10.0. The van der Waals surface area contributed by atoms with Gasteiger partial charge in [-0.05, 0) is 78.9 Å². The molecule has 7 aromatic heterocycles. The Kier molecular flexibility index (Phi) is 9.75. The van der Waals surface area contributed by atoms with E-state index in [9.17, 15) is 0 Å². The van der Waals surface area contributed by atoms with Crippen molar-refractivity contribution in [2.24, 2.45) is 0 Å². The average Bonchev–Trinajstić information content (AvgIpc) is 2.88. The molecule has 0 atom stereocenters. The fraction of sp³-hybridized carbons (Fsp3) is 0. The molecule has 19 aromatic rings. The maximum absolute atomic E-state index is 5.63. The fourth-order valence-corrected chi connectivity index (χ4v) is 17.5. The van der Waals surface area contributed by atoms with Crippen LogP contribution in [0.2, 0.25) is 0 Å². The highest BCUT2D eigenvalue weighted by Crippen LogP contribution is 2.47. The number of hydrogen-bond donors (Lipinski definition) is 0. The molecule has 0 amide bonds. The average molecular weight is 1120 g/mol. The van der Waals surface area contributed by atoms with Gasteiger partial charge < -0.3 is 13.7 Å². The molecule has 0 bridgehead atoms. The Morgan fingerprint density at radius 3 is 0.929 bits per heavy atom. The van der Waals surface area contributed by atoms with Crippen LogP contribution in [0.4, 0.5) is 0 Å². The SMILES string of the molecule is c1cc(-c2cc(-c3cccc(-n4c5ccccc5c5ccc6c7ccccc7sc6c54)c3)nc(-c3cccc(-n4c5ccccc5c5ccc6c7ccccc7sc6c54)c3)n2)cc(-n2c3ccccc3c3ccc4c5ccccc5sc4c32)c1. The molecule has 0 N–H and O–H groups in total. The van der Waals surface area contributed by atoms with Crippen LogP contribution in [0.5, 0.6) is 0 Å². The van der Waals surface area contributed by atoms with Crippen LogP contribution in [0.3, 0.4) is 0 Å². The molecule has 390 valence electrons. The van der Waals surface area contributed by atoms with Crippen LogP contribution >= 0.6 is 34.0 Å². The number of benzene rings is 12. The van der Waals surface area contributed by atoms with Gasteiger partial charge in [-0.25, -0.2) is 9.97 Å². The van der Waals surface area contributed by atoms with Gasteiger partial charge in [-0.1, -0.05) is 182 Å². The van der Waals surface area contributed by atoms with Crippen molar-refractivity contribution >= 4 is 160 Å². The second kappa shape index (κ2) is 17.6. The van der Waals surface area contributed by atoms with Crippen LogP contribution in [0, 0.1) is 0 Å². The van der Waals surface area contributed by atoms with Crippen molar-refractivity contribution in [3.05, 3.63) is 261 Å². The molecular formula is C76H43N5S3. The Labute approximate surface area is 492 Å². The molecular weight excluding hydrogens is 1080 g/mol. The van der Waals surface area contributed by atoms with Gasteiger partial charge in [0, 0.05) is 112 Å². The minimum absolute atomic E-state index is 0.653. The minimum atomic E-state index is 0.653. The van der Waals surface area contributed by atoms with Crippen LogP contribution in [0.1, 0.15) is 0 Å². The molecule has 0 spiro atoms. The van der Waals surface area contributed by atoms with Crippen molar-refractivity contribution in [3.8, 4) is 51.0 Å². The van der Waals surface area contributed by atoms with Gasteiger partial charge in [0.25, 0.3) is 0 Å². The summed E-state index contributed by atoms with van der Waals surface area (Å²) in [7, 11) is 0. The summed E-state index contributed by atoms with van der Waals surface area (Å²) >= 11 is 5.62. The van der Waals surface area contributed by atoms with Crippen LogP contribution < -0.4 is 0 Å². The number of fused-ring (bicyclic) bond motifs is 21. The number of rotatable bonds is 6. The molecule has 0 aliphatic carbocycles. The van der Waals surface area contributed by atoms with Gasteiger partial charge in [0.1, 0.15) is 0 Å². The summed E-state index contributed by atoms with van der Waals surface area (Å²) in [6.07, 6.45) is 0. The van der Waals surface area contributed by atoms with Gasteiger partial charge in [0.2, 0.25) is 0 Å². The van der Waals surface area contributed by atoms with Gasteiger partial charge in [-0.3, -0.25) is 0 Å². The van der Waals surface area contributed by atoms with Crippen LogP contribution in [0.15, 0.2) is 261 Å². The molecule has 0 aliphatic rings. The number of para-hydroxylation sites is 3. The summed E-state index contributed by atoms with van der Waals surface area (Å²) in [5, 5.41) is 15.1. The summed E-state index contributed by atoms with van der Waals surface area (Å²) in [6.45, 7) is 0. The van der Waals surface area contributed by atoms with E-state index in [-0.39, 0.29) is 0 Å². The maximum Gasteiger partial charge on any atom is 0.160 e. The molecule has 12 aromatic carbocycles. The zero-order chi connectivity index (χ0) is 54.7. The van der Waals surface area contributed by atoms with E-state index in [4.69, 9.17) is 9.97 Å². The first-order valence-corrected chi connectivity index (χ1v) is 30.8. The Balaban J connectivity index is 0.839. The van der Waals surface area contributed by atoms with Crippen LogP contribution in [-0.4, -0.2) is 23.7 Å². The van der Waals surface area contributed by atoms with E-state index in [0.29, 0.717) is 5.82 Å².